The zero-order valence-electron chi connectivity index (χ0n) is 16.8. The van der Waals surface area contributed by atoms with Crippen LogP contribution in [0.25, 0.3) is 5.95 Å². The van der Waals surface area contributed by atoms with E-state index < -0.39 is 23.9 Å². The molecule has 31 heavy (non-hydrogen) atoms. The first-order chi connectivity index (χ1) is 14.8. The van der Waals surface area contributed by atoms with Crippen LogP contribution in [0, 0.1) is 5.82 Å². The predicted molar refractivity (Wildman–Crippen MR) is 109 cm³/mol. The number of aromatic nitrogens is 5. The van der Waals surface area contributed by atoms with Gasteiger partial charge in [-0.1, -0.05) is 11.6 Å². The van der Waals surface area contributed by atoms with Crippen molar-refractivity contribution in [3.05, 3.63) is 59.1 Å². The average molecular weight is 448 g/mol. The van der Waals surface area contributed by atoms with Crippen LogP contribution in [-0.4, -0.2) is 42.8 Å². The first-order valence-electron chi connectivity index (χ1n) is 9.21. The van der Waals surface area contributed by atoms with E-state index in [1.807, 2.05) is 0 Å². The number of ether oxygens (including phenoxy) is 1. The highest BCUT2D eigenvalue weighted by Gasteiger charge is 2.21. The van der Waals surface area contributed by atoms with E-state index in [2.05, 4.69) is 30.7 Å². The summed E-state index contributed by atoms with van der Waals surface area (Å²) in [6.45, 7) is 5.00. The molecule has 0 aliphatic carbocycles. The van der Waals surface area contributed by atoms with E-state index >= 15 is 0 Å². The fraction of sp³-hybridized carbons (Fsp3) is 0.263. The molecule has 2 heterocycles. The third-order valence-electron chi connectivity index (χ3n) is 3.92. The maximum Gasteiger partial charge on any atom is 0.339 e. The Morgan fingerprint density at radius 1 is 1.16 bits per heavy atom. The maximum absolute atomic E-state index is 14.3. The second-order valence-electron chi connectivity index (χ2n) is 6.66. The summed E-state index contributed by atoms with van der Waals surface area (Å²) in [5.41, 5.74) is -0.307. The molecule has 0 saturated heterocycles. The van der Waals surface area contributed by atoms with Gasteiger partial charge in [-0.25, -0.2) is 28.9 Å². The molecule has 1 atom stereocenters. The summed E-state index contributed by atoms with van der Waals surface area (Å²) in [4.78, 5) is 36.9. The lowest BCUT2D eigenvalue weighted by atomic mass is 10.2. The second kappa shape index (κ2) is 9.47. The molecule has 12 heteroatoms. The molecular weight excluding hydrogens is 429 g/mol. The maximum atomic E-state index is 14.3. The highest BCUT2D eigenvalue weighted by molar-refractivity contribution is 6.33. The van der Waals surface area contributed by atoms with Crippen molar-refractivity contribution in [3.63, 3.8) is 0 Å². The van der Waals surface area contributed by atoms with Crippen LogP contribution in [0.15, 0.2) is 36.9 Å². The molecule has 2 aromatic heterocycles. The van der Waals surface area contributed by atoms with Crippen molar-refractivity contribution >= 4 is 29.3 Å². The number of hydrogen-bond donors (Lipinski definition) is 2. The summed E-state index contributed by atoms with van der Waals surface area (Å²) < 4.78 is 20.7. The Bertz CT molecular complexity index is 1090. The lowest BCUT2D eigenvalue weighted by molar-refractivity contribution is 0.0378. The van der Waals surface area contributed by atoms with Crippen molar-refractivity contribution in [2.45, 2.75) is 32.9 Å². The predicted octanol–water partition coefficient (Wildman–Crippen LogP) is 3.30. The summed E-state index contributed by atoms with van der Waals surface area (Å²) in [7, 11) is 0. The van der Waals surface area contributed by atoms with E-state index in [9.17, 15) is 14.0 Å². The number of esters is 1. The van der Waals surface area contributed by atoms with Crippen LogP contribution >= 0.6 is 11.6 Å². The average Bonchev–Trinajstić information content (AvgIpc) is 3.20. The number of amides is 2. The molecule has 0 radical (unpaired) electrons. The second-order valence-corrected chi connectivity index (χ2v) is 7.07. The SMILES string of the molecule is CC(C)OC(=O)c1cc(NC(=O)N[C@@H](C)c2ncnn2-c2ncccn2)c(F)cc1Cl. The standard InChI is InChI=1S/C19H19ClFN7O3/c1-10(2)31-17(29)12-7-15(14(21)8-13(12)20)27-19(30)26-11(3)16-24-9-25-28(16)18-22-5-4-6-23-18/h4-11H,1-3H3,(H2,26,27,30)/t11-/m0/s1. The minimum absolute atomic E-state index is 0.0684. The molecule has 3 aromatic rings. The van der Waals surface area contributed by atoms with Gasteiger partial charge >= 0.3 is 12.0 Å². The number of nitrogens with one attached hydrogen (secondary N) is 2. The molecule has 0 unspecified atom stereocenters. The van der Waals surface area contributed by atoms with Gasteiger partial charge in [-0.3, -0.25) is 0 Å². The van der Waals surface area contributed by atoms with Crippen LogP contribution < -0.4 is 10.6 Å². The van der Waals surface area contributed by atoms with Gasteiger partial charge in [0.1, 0.15) is 12.1 Å². The van der Waals surface area contributed by atoms with Crippen LogP contribution in [0.5, 0.6) is 0 Å². The number of urea groups is 1. The lowest BCUT2D eigenvalue weighted by Gasteiger charge is -2.16. The Balaban J connectivity index is 1.74. The fourth-order valence-electron chi connectivity index (χ4n) is 2.60. The minimum Gasteiger partial charge on any atom is -0.459 e. The van der Waals surface area contributed by atoms with Gasteiger partial charge < -0.3 is 15.4 Å². The van der Waals surface area contributed by atoms with E-state index in [-0.39, 0.29) is 28.3 Å². The highest BCUT2D eigenvalue weighted by atomic mass is 35.5. The number of carbonyl (C=O) groups excluding carboxylic acids is 2. The first kappa shape index (κ1) is 22.1. The van der Waals surface area contributed by atoms with E-state index in [1.165, 1.54) is 11.0 Å². The highest BCUT2D eigenvalue weighted by Crippen LogP contribution is 2.25. The van der Waals surface area contributed by atoms with Crippen molar-refractivity contribution in [2.75, 3.05) is 5.32 Å². The van der Waals surface area contributed by atoms with Gasteiger partial charge in [0.2, 0.25) is 0 Å². The molecule has 10 nitrogen and oxygen atoms in total. The van der Waals surface area contributed by atoms with Gasteiger partial charge in [0, 0.05) is 12.4 Å². The molecule has 162 valence electrons. The summed E-state index contributed by atoms with van der Waals surface area (Å²) in [6.07, 6.45) is 4.00. The third kappa shape index (κ3) is 5.31. The number of anilines is 1. The Hall–Kier alpha value is -3.60. The van der Waals surface area contributed by atoms with Gasteiger partial charge in [-0.05, 0) is 39.0 Å². The number of halogens is 2. The largest absolute Gasteiger partial charge is 0.459 e. The molecule has 0 aliphatic heterocycles. The summed E-state index contributed by atoms with van der Waals surface area (Å²) in [6, 6.07) is 2.34. The zero-order chi connectivity index (χ0) is 22.5. The van der Waals surface area contributed by atoms with E-state index in [0.29, 0.717) is 5.82 Å². The van der Waals surface area contributed by atoms with Crippen molar-refractivity contribution in [1.82, 2.24) is 30.0 Å². The van der Waals surface area contributed by atoms with Gasteiger partial charge in [-0.15, -0.1) is 0 Å². The van der Waals surface area contributed by atoms with Crippen molar-refractivity contribution in [2.24, 2.45) is 0 Å². The smallest absolute Gasteiger partial charge is 0.339 e. The normalized spacial score (nSPS) is 11.8. The summed E-state index contributed by atoms with van der Waals surface area (Å²) in [5, 5.41) is 8.91. The molecule has 2 N–H and O–H groups in total. The van der Waals surface area contributed by atoms with Gasteiger partial charge in [0.15, 0.2) is 5.82 Å². The first-order valence-corrected chi connectivity index (χ1v) is 9.59. The van der Waals surface area contributed by atoms with E-state index in [4.69, 9.17) is 16.3 Å². The van der Waals surface area contributed by atoms with Crippen LogP contribution in [-0.2, 0) is 4.74 Å². The van der Waals surface area contributed by atoms with Gasteiger partial charge in [-0.2, -0.15) is 9.78 Å². The summed E-state index contributed by atoms with van der Waals surface area (Å²) in [5.74, 6) is -0.900. The molecule has 2 amide bonds. The monoisotopic (exact) mass is 447 g/mol. The molecule has 0 saturated carbocycles. The molecule has 0 bridgehead atoms. The Labute approximate surface area is 181 Å². The van der Waals surface area contributed by atoms with Crippen LogP contribution in [0.2, 0.25) is 5.02 Å². The van der Waals surface area contributed by atoms with Crippen LogP contribution in [0.3, 0.4) is 0 Å². The Morgan fingerprint density at radius 2 is 1.87 bits per heavy atom. The lowest BCUT2D eigenvalue weighted by Crippen LogP contribution is -2.33. The molecule has 0 fully saturated rings. The van der Waals surface area contributed by atoms with Gasteiger partial charge in [0.25, 0.3) is 5.95 Å². The van der Waals surface area contributed by atoms with E-state index in [1.54, 1.807) is 39.2 Å². The molecule has 0 aliphatic rings. The van der Waals surface area contributed by atoms with Gasteiger partial charge in [0.05, 0.1) is 28.4 Å². The molecular formula is C19H19ClFN7O3. The van der Waals surface area contributed by atoms with Crippen molar-refractivity contribution in [3.8, 4) is 5.95 Å². The Kier molecular flexibility index (Phi) is 6.75. The zero-order valence-corrected chi connectivity index (χ0v) is 17.6. The van der Waals surface area contributed by atoms with E-state index in [0.717, 1.165) is 12.1 Å². The topological polar surface area (TPSA) is 124 Å². The minimum atomic E-state index is -0.810. The van der Waals surface area contributed by atoms with Crippen LogP contribution in [0.4, 0.5) is 14.9 Å². The molecule has 1 aromatic carbocycles. The number of benzene rings is 1. The number of carbonyl (C=O) groups is 2. The number of hydrogen-bond acceptors (Lipinski definition) is 7. The van der Waals surface area contributed by atoms with Crippen molar-refractivity contribution in [1.29, 1.82) is 0 Å². The van der Waals surface area contributed by atoms with Crippen LogP contribution in [0.1, 0.15) is 43.0 Å². The summed E-state index contributed by atoms with van der Waals surface area (Å²) >= 11 is 5.94. The number of nitrogens with zero attached hydrogens (tertiary/aromatic N) is 5. The Morgan fingerprint density at radius 3 is 2.55 bits per heavy atom. The molecule has 3 rings (SSSR count). The number of rotatable bonds is 6. The fourth-order valence-corrected chi connectivity index (χ4v) is 2.83. The third-order valence-corrected chi connectivity index (χ3v) is 4.23. The molecule has 0 spiro atoms. The van der Waals surface area contributed by atoms with Crippen molar-refractivity contribution < 1.29 is 18.7 Å². The quantitative estimate of drug-likeness (QED) is 0.555.